The molecule has 4 heterocycles. The Kier molecular flexibility index (Phi) is 4.44. The van der Waals surface area contributed by atoms with E-state index in [1.807, 2.05) is 0 Å². The van der Waals surface area contributed by atoms with Gasteiger partial charge in [-0.1, -0.05) is 0 Å². The van der Waals surface area contributed by atoms with E-state index in [1.165, 1.54) is 0 Å². The van der Waals surface area contributed by atoms with Gasteiger partial charge in [-0.05, 0) is 44.9 Å². The third-order valence-corrected chi connectivity index (χ3v) is 6.39. The highest BCUT2D eigenvalue weighted by Gasteiger charge is 2.43. The van der Waals surface area contributed by atoms with Crippen LogP contribution in [0.25, 0.3) is 0 Å². The van der Waals surface area contributed by atoms with E-state index >= 15 is 0 Å². The molecule has 0 unspecified atom stereocenters. The molecule has 2 amide bonds. The Morgan fingerprint density at radius 1 is 1.06 bits per heavy atom. The number of benzene rings is 1. The minimum Gasteiger partial charge on any atom is -0.476 e. The molecule has 0 aliphatic carbocycles. The first-order valence-corrected chi connectivity index (χ1v) is 10.6. The predicted molar refractivity (Wildman–Crippen MR) is 114 cm³/mol. The monoisotopic (exact) mass is 440 g/mol. The van der Waals surface area contributed by atoms with Gasteiger partial charge in [-0.15, -0.1) is 0 Å². The highest BCUT2D eigenvalue weighted by Crippen LogP contribution is 2.38. The Morgan fingerprint density at radius 3 is 2.69 bits per heavy atom. The molecule has 2 aromatic rings. The van der Waals surface area contributed by atoms with Gasteiger partial charge in [-0.3, -0.25) is 24.4 Å². The summed E-state index contributed by atoms with van der Waals surface area (Å²) in [5, 5.41) is 2.80. The zero-order valence-corrected chi connectivity index (χ0v) is 17.9. The van der Waals surface area contributed by atoms with Crippen LogP contribution in [0.2, 0.25) is 0 Å². The Labute approximate surface area is 182 Å². The number of hydrogen-bond acceptors (Lipinski definition) is 6. The molecule has 1 fully saturated rings. The lowest BCUT2D eigenvalue weighted by atomic mass is 9.90. The fraction of sp³-hybridized carbons (Fsp3) is 0.455. The largest absolute Gasteiger partial charge is 0.476 e. The van der Waals surface area contributed by atoms with Crippen molar-refractivity contribution in [3.63, 3.8) is 0 Å². The Hall–Kier alpha value is -3.56. The molecule has 10 heteroatoms. The molecule has 3 N–H and O–H groups in total. The van der Waals surface area contributed by atoms with Gasteiger partial charge in [0.1, 0.15) is 11.4 Å². The van der Waals surface area contributed by atoms with Crippen LogP contribution in [-0.2, 0) is 11.2 Å². The van der Waals surface area contributed by atoms with Crippen molar-refractivity contribution in [3.8, 4) is 11.6 Å². The molecule has 1 saturated heterocycles. The maximum Gasteiger partial charge on any atom is 0.328 e. The number of hydrogen-bond donors (Lipinski definition) is 3. The van der Waals surface area contributed by atoms with Gasteiger partial charge < -0.3 is 19.7 Å². The maximum absolute atomic E-state index is 13.2. The van der Waals surface area contributed by atoms with Gasteiger partial charge in [0.2, 0.25) is 5.88 Å². The van der Waals surface area contributed by atoms with E-state index in [9.17, 15) is 19.2 Å². The van der Waals surface area contributed by atoms with E-state index in [1.54, 1.807) is 36.9 Å². The Bertz CT molecular complexity index is 1250. The summed E-state index contributed by atoms with van der Waals surface area (Å²) in [6.07, 6.45) is 2.29. The minimum atomic E-state index is -0.970. The highest BCUT2D eigenvalue weighted by molar-refractivity contribution is 6.02. The molecule has 0 saturated carbocycles. The van der Waals surface area contributed by atoms with Crippen LogP contribution in [-0.4, -0.2) is 51.0 Å². The van der Waals surface area contributed by atoms with Crippen molar-refractivity contribution < 1.29 is 19.1 Å². The molecule has 3 aliphatic rings. The van der Waals surface area contributed by atoms with Crippen molar-refractivity contribution in [1.82, 2.24) is 14.9 Å². The van der Waals surface area contributed by atoms with Crippen LogP contribution >= 0.6 is 0 Å². The maximum atomic E-state index is 13.2. The Balaban J connectivity index is 1.33. The third kappa shape index (κ3) is 3.35. The lowest BCUT2D eigenvalue weighted by Crippen LogP contribution is -2.45. The highest BCUT2D eigenvalue weighted by atomic mass is 16.5. The summed E-state index contributed by atoms with van der Waals surface area (Å²) in [4.78, 5) is 55.6. The van der Waals surface area contributed by atoms with E-state index in [4.69, 9.17) is 9.47 Å². The number of nitrogens with one attached hydrogen (secondary N) is 3. The van der Waals surface area contributed by atoms with Crippen molar-refractivity contribution in [3.05, 3.63) is 50.2 Å². The quantitative estimate of drug-likeness (QED) is 0.610. The number of rotatable bonds is 1. The number of aromatic nitrogens is 2. The number of likely N-dealkylation sites (tertiary alicyclic amines) is 1. The van der Waals surface area contributed by atoms with E-state index in [0.717, 1.165) is 0 Å². The number of amides is 2. The second-order valence-electron chi connectivity index (χ2n) is 9.10. The van der Waals surface area contributed by atoms with Gasteiger partial charge in [0.25, 0.3) is 17.4 Å². The van der Waals surface area contributed by atoms with E-state index in [-0.39, 0.29) is 17.7 Å². The zero-order chi connectivity index (χ0) is 22.7. The molecular weight excluding hydrogens is 416 g/mol. The first kappa shape index (κ1) is 20.3. The van der Waals surface area contributed by atoms with Crippen LogP contribution in [0.5, 0.6) is 11.6 Å². The molecule has 32 heavy (non-hydrogen) atoms. The van der Waals surface area contributed by atoms with Crippen LogP contribution in [0.3, 0.4) is 0 Å². The van der Waals surface area contributed by atoms with Crippen LogP contribution in [0.4, 0.5) is 5.69 Å². The van der Waals surface area contributed by atoms with Crippen molar-refractivity contribution in [2.45, 2.75) is 50.7 Å². The number of carbonyl (C=O) groups is 2. The fourth-order valence-corrected chi connectivity index (χ4v) is 4.59. The number of carbonyl (C=O) groups excluding carboxylic acids is 2. The summed E-state index contributed by atoms with van der Waals surface area (Å²) in [5.74, 6) is 0.340. The molecule has 1 atom stereocenters. The molecule has 0 bridgehead atoms. The van der Waals surface area contributed by atoms with Gasteiger partial charge in [0.05, 0.1) is 11.3 Å². The molecule has 5 rings (SSSR count). The summed E-state index contributed by atoms with van der Waals surface area (Å²) in [6, 6.07) is 5.03. The van der Waals surface area contributed by atoms with E-state index in [2.05, 4.69) is 15.3 Å². The van der Waals surface area contributed by atoms with Crippen LogP contribution in [0, 0.1) is 0 Å². The first-order valence-electron chi connectivity index (χ1n) is 10.6. The predicted octanol–water partition coefficient (Wildman–Crippen LogP) is 1.17. The van der Waals surface area contributed by atoms with Crippen molar-refractivity contribution >= 4 is 17.5 Å². The normalized spacial score (nSPS) is 23.4. The molecule has 1 spiro atoms. The molecule has 1 aromatic heterocycles. The summed E-state index contributed by atoms with van der Waals surface area (Å²) in [5.41, 5.74) is -1.23. The van der Waals surface area contributed by atoms with E-state index < -0.39 is 22.5 Å². The number of H-pyrrole nitrogens is 2. The second kappa shape index (κ2) is 6.98. The van der Waals surface area contributed by atoms with Crippen LogP contribution in [0.15, 0.2) is 27.8 Å². The molecule has 1 aromatic carbocycles. The summed E-state index contributed by atoms with van der Waals surface area (Å²) in [7, 11) is 0. The van der Waals surface area contributed by atoms with E-state index in [0.29, 0.717) is 61.3 Å². The molecule has 168 valence electrons. The first-order chi connectivity index (χ1) is 15.2. The van der Waals surface area contributed by atoms with Gasteiger partial charge in [0.15, 0.2) is 5.60 Å². The topological polar surface area (TPSA) is 134 Å². The average Bonchev–Trinajstić information content (AvgIpc) is 2.96. The smallest absolute Gasteiger partial charge is 0.328 e. The Morgan fingerprint density at radius 2 is 1.88 bits per heavy atom. The van der Waals surface area contributed by atoms with Crippen molar-refractivity contribution in [2.24, 2.45) is 0 Å². The second-order valence-corrected chi connectivity index (χ2v) is 9.10. The number of ether oxygens (including phenoxy) is 2. The fourth-order valence-electron chi connectivity index (χ4n) is 4.59. The number of aromatic amines is 2. The average molecular weight is 440 g/mol. The van der Waals surface area contributed by atoms with Crippen LogP contribution in [0.1, 0.15) is 49.0 Å². The molecule has 0 radical (unpaired) electrons. The van der Waals surface area contributed by atoms with Gasteiger partial charge in [0, 0.05) is 31.5 Å². The van der Waals surface area contributed by atoms with Gasteiger partial charge in [-0.25, -0.2) is 4.79 Å². The summed E-state index contributed by atoms with van der Waals surface area (Å²) in [6.45, 7) is 4.36. The third-order valence-electron chi connectivity index (χ3n) is 6.39. The zero-order valence-electron chi connectivity index (χ0n) is 17.9. The lowest BCUT2D eigenvalue weighted by Gasteiger charge is -2.32. The van der Waals surface area contributed by atoms with Gasteiger partial charge in [-0.2, -0.15) is 0 Å². The number of nitrogens with zero attached hydrogens (tertiary/aromatic N) is 1. The standard InChI is InChI=1S/C22H24N4O6/c1-21(2)19(29)23-14-10-12(4-5-15(14)31-21)18(28)26-8-3-6-22(7-9-26)11-13-16(27)24-20(30)25-17(13)32-22/h4-5,10H,3,6-9,11H2,1-2H3,(H,23,29)(H2,24,25,27,30)/t22-/m1/s1. The molecule has 3 aliphatic heterocycles. The SMILES string of the molecule is CC1(C)Oc2ccc(C(=O)N3CCC[C@@]4(CC3)Cc3c([nH]c(=O)[nH]c3=O)O4)cc2NC1=O. The van der Waals surface area contributed by atoms with Crippen molar-refractivity contribution in [2.75, 3.05) is 18.4 Å². The van der Waals surface area contributed by atoms with Crippen LogP contribution < -0.4 is 26.0 Å². The molecule has 10 nitrogen and oxygen atoms in total. The minimum absolute atomic E-state index is 0.148. The lowest BCUT2D eigenvalue weighted by molar-refractivity contribution is -0.129. The summed E-state index contributed by atoms with van der Waals surface area (Å²) >= 11 is 0. The number of anilines is 1. The van der Waals surface area contributed by atoms with Gasteiger partial charge >= 0.3 is 5.69 Å². The van der Waals surface area contributed by atoms with Crippen molar-refractivity contribution in [1.29, 1.82) is 0 Å². The number of fused-ring (bicyclic) bond motifs is 2. The summed E-state index contributed by atoms with van der Waals surface area (Å²) < 4.78 is 11.8. The molecular formula is C22H24N4O6.